The van der Waals surface area contributed by atoms with Gasteiger partial charge in [-0.3, -0.25) is 4.79 Å². The Morgan fingerprint density at radius 1 is 1.03 bits per heavy atom. The van der Waals surface area contributed by atoms with E-state index in [0.29, 0.717) is 28.0 Å². The van der Waals surface area contributed by atoms with Gasteiger partial charge in [-0.15, -0.1) is 0 Å². The highest BCUT2D eigenvalue weighted by Crippen LogP contribution is 2.33. The first-order valence-corrected chi connectivity index (χ1v) is 11.3. The molecule has 0 bridgehead atoms. The molecule has 0 saturated heterocycles. The van der Waals surface area contributed by atoms with Crippen LogP contribution in [0.2, 0.25) is 0 Å². The van der Waals surface area contributed by atoms with Crippen molar-refractivity contribution in [2.24, 2.45) is 0 Å². The summed E-state index contributed by atoms with van der Waals surface area (Å²) in [7, 11) is 3.08. The molecule has 0 unspecified atom stereocenters. The topological polar surface area (TPSA) is 93.5 Å². The van der Waals surface area contributed by atoms with E-state index < -0.39 is 17.8 Å². The van der Waals surface area contributed by atoms with Crippen LogP contribution in [-0.2, 0) is 12.6 Å². The Hall–Kier alpha value is -4.54. The number of ether oxygens (including phenoxy) is 2. The molecule has 0 aliphatic rings. The van der Waals surface area contributed by atoms with Crippen molar-refractivity contribution in [2.45, 2.75) is 12.6 Å². The van der Waals surface area contributed by atoms with Crippen molar-refractivity contribution >= 4 is 22.5 Å². The summed E-state index contributed by atoms with van der Waals surface area (Å²) >= 11 is 0. The number of aromatic nitrogens is 4. The van der Waals surface area contributed by atoms with Crippen LogP contribution in [0.3, 0.4) is 0 Å². The lowest BCUT2D eigenvalue weighted by atomic mass is 10.1. The van der Waals surface area contributed by atoms with Crippen LogP contribution in [0.25, 0.3) is 27.8 Å². The number of methoxy groups -OCH3 is 2. The summed E-state index contributed by atoms with van der Waals surface area (Å²) in [4.78, 5) is 20.2. The van der Waals surface area contributed by atoms with Gasteiger partial charge < -0.3 is 19.8 Å². The molecule has 8 nitrogen and oxygen atoms in total. The standard InChI is InChI=1S/C26H22F3N5O3/c1-36-17-5-3-15(4-6-17)21-12-23(26(27,28)29)34-24(32-21)13-22(33-34)25(35)30-10-9-16-14-31-20-8-7-18(37-2)11-19(16)20/h3-8,11-14,31H,9-10H2,1-2H3,(H,30,35). The average Bonchev–Trinajstić information content (AvgIpc) is 3.51. The molecule has 0 fully saturated rings. The van der Waals surface area contributed by atoms with Crippen molar-refractivity contribution in [3.05, 3.63) is 77.7 Å². The second-order valence-corrected chi connectivity index (χ2v) is 8.28. The Bertz CT molecular complexity index is 1590. The van der Waals surface area contributed by atoms with Crippen LogP contribution >= 0.6 is 0 Å². The number of alkyl halides is 3. The number of rotatable bonds is 7. The van der Waals surface area contributed by atoms with Crippen molar-refractivity contribution in [1.82, 2.24) is 24.9 Å². The van der Waals surface area contributed by atoms with E-state index in [4.69, 9.17) is 9.47 Å². The fraction of sp³-hybridized carbons (Fsp3) is 0.192. The van der Waals surface area contributed by atoms with E-state index in [0.717, 1.165) is 22.5 Å². The molecule has 11 heteroatoms. The fourth-order valence-electron chi connectivity index (χ4n) is 4.09. The van der Waals surface area contributed by atoms with Crippen LogP contribution in [-0.4, -0.2) is 46.3 Å². The molecule has 0 atom stereocenters. The van der Waals surface area contributed by atoms with E-state index >= 15 is 0 Å². The van der Waals surface area contributed by atoms with Gasteiger partial charge >= 0.3 is 6.18 Å². The summed E-state index contributed by atoms with van der Waals surface area (Å²) in [6.07, 6.45) is -2.36. The van der Waals surface area contributed by atoms with Gasteiger partial charge in [0.2, 0.25) is 0 Å². The third kappa shape index (κ3) is 4.80. The molecule has 37 heavy (non-hydrogen) atoms. The molecular formula is C26H22F3N5O3. The largest absolute Gasteiger partial charge is 0.497 e. The Morgan fingerprint density at radius 2 is 1.76 bits per heavy atom. The van der Waals surface area contributed by atoms with Gasteiger partial charge in [0.05, 0.1) is 19.9 Å². The maximum absolute atomic E-state index is 13.9. The SMILES string of the molecule is COc1ccc(-c2cc(C(F)(F)F)n3nc(C(=O)NCCc4c[nH]c5ccc(OC)cc45)cc3n2)cc1. The second kappa shape index (κ2) is 9.49. The summed E-state index contributed by atoms with van der Waals surface area (Å²) in [5.74, 6) is 0.682. The number of carbonyl (C=O) groups is 1. The second-order valence-electron chi connectivity index (χ2n) is 8.28. The minimum Gasteiger partial charge on any atom is -0.497 e. The molecular weight excluding hydrogens is 487 g/mol. The number of amides is 1. The van der Waals surface area contributed by atoms with Crippen LogP contribution in [0.5, 0.6) is 11.5 Å². The van der Waals surface area contributed by atoms with Gasteiger partial charge in [0.1, 0.15) is 11.5 Å². The number of nitrogens with one attached hydrogen (secondary N) is 2. The van der Waals surface area contributed by atoms with Gasteiger partial charge in [-0.25, -0.2) is 9.50 Å². The molecule has 0 spiro atoms. The lowest BCUT2D eigenvalue weighted by Crippen LogP contribution is -2.26. The summed E-state index contributed by atoms with van der Waals surface area (Å²) in [6.45, 7) is 0.257. The van der Waals surface area contributed by atoms with E-state index in [1.165, 1.54) is 13.2 Å². The predicted molar refractivity (Wildman–Crippen MR) is 131 cm³/mol. The van der Waals surface area contributed by atoms with Crippen molar-refractivity contribution in [3.63, 3.8) is 0 Å². The lowest BCUT2D eigenvalue weighted by molar-refractivity contribution is -0.142. The van der Waals surface area contributed by atoms with Crippen LogP contribution in [0, 0.1) is 0 Å². The number of halogens is 3. The molecule has 3 aromatic heterocycles. The van der Waals surface area contributed by atoms with Crippen molar-refractivity contribution in [2.75, 3.05) is 20.8 Å². The number of hydrogen-bond donors (Lipinski definition) is 2. The zero-order valence-electron chi connectivity index (χ0n) is 19.9. The lowest BCUT2D eigenvalue weighted by Gasteiger charge is -2.11. The minimum atomic E-state index is -4.71. The number of hydrogen-bond acceptors (Lipinski definition) is 5. The summed E-state index contributed by atoms with van der Waals surface area (Å²) in [6, 6.07) is 14.3. The predicted octanol–water partition coefficient (Wildman–Crippen LogP) is 4.89. The average molecular weight is 509 g/mol. The first kappa shape index (κ1) is 24.2. The molecule has 0 aliphatic heterocycles. The van der Waals surface area contributed by atoms with E-state index in [1.807, 2.05) is 24.4 Å². The number of nitrogens with zero attached hydrogens (tertiary/aromatic N) is 3. The van der Waals surface area contributed by atoms with Gasteiger partial charge in [0, 0.05) is 35.3 Å². The number of benzene rings is 2. The van der Waals surface area contributed by atoms with E-state index in [9.17, 15) is 18.0 Å². The maximum atomic E-state index is 13.9. The minimum absolute atomic E-state index is 0.0884. The molecule has 2 N–H and O–H groups in total. The number of fused-ring (bicyclic) bond motifs is 2. The highest BCUT2D eigenvalue weighted by molar-refractivity contribution is 5.93. The molecule has 5 aromatic rings. The van der Waals surface area contributed by atoms with Gasteiger partial charge in [0.15, 0.2) is 17.0 Å². The Morgan fingerprint density at radius 3 is 2.46 bits per heavy atom. The third-order valence-electron chi connectivity index (χ3n) is 5.99. The van der Waals surface area contributed by atoms with E-state index in [-0.39, 0.29) is 23.6 Å². The zero-order chi connectivity index (χ0) is 26.2. The molecule has 190 valence electrons. The highest BCUT2D eigenvalue weighted by Gasteiger charge is 2.35. The molecule has 5 rings (SSSR count). The van der Waals surface area contributed by atoms with Crippen LogP contribution < -0.4 is 14.8 Å². The Kier molecular flexibility index (Phi) is 6.20. The summed E-state index contributed by atoms with van der Waals surface area (Å²) in [5.41, 5.74) is 1.19. The van der Waals surface area contributed by atoms with Crippen molar-refractivity contribution in [3.8, 4) is 22.8 Å². The molecule has 2 aromatic carbocycles. The van der Waals surface area contributed by atoms with Gasteiger partial charge in [-0.05, 0) is 60.5 Å². The first-order chi connectivity index (χ1) is 17.8. The Labute approximate surface area is 209 Å². The third-order valence-corrected chi connectivity index (χ3v) is 5.99. The fourth-order valence-corrected chi connectivity index (χ4v) is 4.09. The quantitative estimate of drug-likeness (QED) is 0.326. The van der Waals surface area contributed by atoms with Gasteiger partial charge in [0.25, 0.3) is 5.91 Å². The summed E-state index contributed by atoms with van der Waals surface area (Å²) < 4.78 is 52.6. The highest BCUT2D eigenvalue weighted by atomic mass is 19.4. The van der Waals surface area contributed by atoms with E-state index in [1.54, 1.807) is 31.4 Å². The smallest absolute Gasteiger partial charge is 0.433 e. The molecule has 1 amide bonds. The van der Waals surface area contributed by atoms with Gasteiger partial charge in [-0.2, -0.15) is 18.3 Å². The van der Waals surface area contributed by atoms with Crippen LogP contribution in [0.15, 0.2) is 60.8 Å². The molecule has 0 radical (unpaired) electrons. The normalized spacial score (nSPS) is 11.7. The van der Waals surface area contributed by atoms with E-state index in [2.05, 4.69) is 20.4 Å². The first-order valence-electron chi connectivity index (χ1n) is 11.3. The number of carbonyl (C=O) groups excluding carboxylic acids is 1. The Balaban J connectivity index is 1.38. The molecule has 3 heterocycles. The van der Waals surface area contributed by atoms with Crippen molar-refractivity contribution in [1.29, 1.82) is 0 Å². The van der Waals surface area contributed by atoms with Crippen LogP contribution in [0.1, 0.15) is 21.7 Å². The zero-order valence-corrected chi connectivity index (χ0v) is 19.9. The number of H-pyrrole nitrogens is 1. The van der Waals surface area contributed by atoms with Crippen LogP contribution in [0.4, 0.5) is 13.2 Å². The van der Waals surface area contributed by atoms with Crippen molar-refractivity contribution < 1.29 is 27.4 Å². The summed E-state index contributed by atoms with van der Waals surface area (Å²) in [5, 5.41) is 7.60. The number of aromatic amines is 1. The monoisotopic (exact) mass is 509 g/mol. The molecule has 0 saturated carbocycles. The van der Waals surface area contributed by atoms with Gasteiger partial charge in [-0.1, -0.05) is 0 Å². The molecule has 0 aliphatic carbocycles. The maximum Gasteiger partial charge on any atom is 0.433 e.